The van der Waals surface area contributed by atoms with Gasteiger partial charge in [-0.2, -0.15) is 0 Å². The number of benzene rings is 3. The van der Waals surface area contributed by atoms with Crippen molar-refractivity contribution in [3.05, 3.63) is 102 Å². The maximum atomic E-state index is 5.29. The van der Waals surface area contributed by atoms with Gasteiger partial charge in [0.2, 0.25) is 0 Å². The molecule has 0 N–H and O–H groups in total. The molecule has 1 aliphatic carbocycles. The van der Waals surface area contributed by atoms with Crippen molar-refractivity contribution in [1.82, 2.24) is 0 Å². The summed E-state index contributed by atoms with van der Waals surface area (Å²) in [6.45, 7) is 0. The number of hydrogen-bond acceptors (Lipinski definition) is 1. The van der Waals surface area contributed by atoms with E-state index in [9.17, 15) is 0 Å². The Hall–Kier alpha value is -2.54. The van der Waals surface area contributed by atoms with Crippen LogP contribution in [0.3, 0.4) is 0 Å². The molecular weight excluding hydrogens is 280 g/mol. The van der Waals surface area contributed by atoms with Crippen LogP contribution in [-0.4, -0.2) is 7.11 Å². The predicted molar refractivity (Wildman–Crippen MR) is 94.1 cm³/mol. The van der Waals surface area contributed by atoms with Crippen molar-refractivity contribution in [2.75, 3.05) is 7.11 Å². The highest BCUT2D eigenvalue weighted by Crippen LogP contribution is 2.66. The topological polar surface area (TPSA) is 9.23 Å². The normalized spacial score (nSPS) is 22.6. The molecule has 2 atom stereocenters. The van der Waals surface area contributed by atoms with Crippen LogP contribution in [0.15, 0.2) is 84.9 Å². The van der Waals surface area contributed by atoms with Gasteiger partial charge in [-0.15, -0.1) is 0 Å². The van der Waals surface area contributed by atoms with Crippen molar-refractivity contribution < 1.29 is 4.74 Å². The maximum absolute atomic E-state index is 5.29. The SMILES string of the molecule is COc1ccc(C2[C@H](c3ccccc3)[C@H]2c2ccccc2)cc1. The molecule has 0 aliphatic heterocycles. The molecule has 0 bridgehead atoms. The van der Waals surface area contributed by atoms with E-state index in [2.05, 4.69) is 84.9 Å². The van der Waals surface area contributed by atoms with Crippen molar-refractivity contribution in [1.29, 1.82) is 0 Å². The van der Waals surface area contributed by atoms with Gasteiger partial charge in [-0.05, 0) is 46.6 Å². The predicted octanol–water partition coefficient (Wildman–Crippen LogP) is 5.36. The van der Waals surface area contributed by atoms with Gasteiger partial charge in [-0.1, -0.05) is 72.8 Å². The molecule has 114 valence electrons. The fourth-order valence-electron chi connectivity index (χ4n) is 3.73. The minimum atomic E-state index is 0.547. The second-order valence-corrected chi connectivity index (χ2v) is 6.17. The van der Waals surface area contributed by atoms with Gasteiger partial charge in [0.25, 0.3) is 0 Å². The van der Waals surface area contributed by atoms with Crippen LogP contribution >= 0.6 is 0 Å². The van der Waals surface area contributed by atoms with Crippen molar-refractivity contribution in [3.8, 4) is 5.75 Å². The van der Waals surface area contributed by atoms with E-state index in [0.29, 0.717) is 17.8 Å². The van der Waals surface area contributed by atoms with E-state index >= 15 is 0 Å². The molecular formula is C22H20O. The molecule has 0 saturated heterocycles. The first-order chi connectivity index (χ1) is 11.4. The smallest absolute Gasteiger partial charge is 0.118 e. The zero-order valence-electron chi connectivity index (χ0n) is 13.2. The summed E-state index contributed by atoms with van der Waals surface area (Å²) < 4.78 is 5.29. The van der Waals surface area contributed by atoms with Gasteiger partial charge in [0.1, 0.15) is 5.75 Å². The molecule has 3 aromatic rings. The standard InChI is InChI=1S/C22H20O/c1-23-19-14-12-18(13-15-19)22-20(16-8-4-2-5-9-16)21(22)17-10-6-3-7-11-17/h2-15,20-22H,1H3/t20-,21-/m1/s1. The molecule has 1 saturated carbocycles. The molecule has 1 aliphatic rings. The average Bonchev–Trinajstić information content (AvgIpc) is 3.39. The van der Waals surface area contributed by atoms with E-state index in [0.717, 1.165) is 5.75 Å². The Kier molecular flexibility index (Phi) is 3.63. The minimum absolute atomic E-state index is 0.547. The molecule has 0 aromatic heterocycles. The summed E-state index contributed by atoms with van der Waals surface area (Å²) in [5.74, 6) is 2.59. The summed E-state index contributed by atoms with van der Waals surface area (Å²) in [5, 5.41) is 0. The van der Waals surface area contributed by atoms with Crippen molar-refractivity contribution in [3.63, 3.8) is 0 Å². The van der Waals surface area contributed by atoms with Gasteiger partial charge in [-0.25, -0.2) is 0 Å². The first-order valence-corrected chi connectivity index (χ1v) is 8.12. The zero-order valence-corrected chi connectivity index (χ0v) is 13.2. The van der Waals surface area contributed by atoms with Crippen LogP contribution in [0, 0.1) is 0 Å². The number of hydrogen-bond donors (Lipinski definition) is 0. The van der Waals surface area contributed by atoms with Gasteiger partial charge in [-0.3, -0.25) is 0 Å². The molecule has 0 unspecified atom stereocenters. The summed E-state index contributed by atoms with van der Waals surface area (Å²) in [5.41, 5.74) is 4.26. The fraction of sp³-hybridized carbons (Fsp3) is 0.182. The molecule has 1 nitrogen and oxygen atoms in total. The molecule has 23 heavy (non-hydrogen) atoms. The Labute approximate surface area is 137 Å². The van der Waals surface area contributed by atoms with Crippen molar-refractivity contribution in [2.45, 2.75) is 17.8 Å². The number of rotatable bonds is 4. The first kappa shape index (κ1) is 14.1. The van der Waals surface area contributed by atoms with Crippen LogP contribution in [0.4, 0.5) is 0 Å². The average molecular weight is 300 g/mol. The van der Waals surface area contributed by atoms with Crippen LogP contribution in [0.25, 0.3) is 0 Å². The Morgan fingerprint density at radius 3 is 1.30 bits per heavy atom. The largest absolute Gasteiger partial charge is 0.497 e. The summed E-state index contributed by atoms with van der Waals surface area (Å²) in [6.07, 6.45) is 0. The quantitative estimate of drug-likeness (QED) is 0.630. The van der Waals surface area contributed by atoms with Gasteiger partial charge in [0.15, 0.2) is 0 Å². The minimum Gasteiger partial charge on any atom is -0.497 e. The molecule has 0 heterocycles. The number of methoxy groups -OCH3 is 1. The summed E-state index contributed by atoms with van der Waals surface area (Å²) in [7, 11) is 1.71. The molecule has 0 amide bonds. The zero-order chi connectivity index (χ0) is 15.6. The Morgan fingerprint density at radius 2 is 0.913 bits per heavy atom. The third kappa shape index (κ3) is 2.63. The molecule has 4 rings (SSSR count). The second kappa shape index (κ2) is 5.92. The van der Waals surface area contributed by atoms with Gasteiger partial charge < -0.3 is 4.74 Å². The van der Waals surface area contributed by atoms with Crippen LogP contribution in [0.1, 0.15) is 34.4 Å². The lowest BCUT2D eigenvalue weighted by Crippen LogP contribution is -1.86. The van der Waals surface area contributed by atoms with Crippen LogP contribution in [0.5, 0.6) is 5.75 Å². The highest BCUT2D eigenvalue weighted by molar-refractivity contribution is 5.48. The van der Waals surface area contributed by atoms with Crippen LogP contribution in [0.2, 0.25) is 0 Å². The molecule has 3 aromatic carbocycles. The van der Waals surface area contributed by atoms with Crippen molar-refractivity contribution in [2.24, 2.45) is 0 Å². The Morgan fingerprint density at radius 1 is 0.522 bits per heavy atom. The lowest BCUT2D eigenvalue weighted by atomic mass is 10.0. The van der Waals surface area contributed by atoms with E-state index < -0.39 is 0 Å². The maximum Gasteiger partial charge on any atom is 0.118 e. The monoisotopic (exact) mass is 300 g/mol. The van der Waals surface area contributed by atoms with Crippen LogP contribution < -0.4 is 4.74 Å². The van der Waals surface area contributed by atoms with E-state index in [1.54, 1.807) is 7.11 Å². The fourth-order valence-corrected chi connectivity index (χ4v) is 3.73. The van der Waals surface area contributed by atoms with Gasteiger partial charge in [0.05, 0.1) is 7.11 Å². The number of ether oxygens (including phenoxy) is 1. The Bertz CT molecular complexity index is 717. The molecule has 0 radical (unpaired) electrons. The van der Waals surface area contributed by atoms with E-state index in [1.165, 1.54) is 16.7 Å². The third-order valence-electron chi connectivity index (χ3n) is 4.89. The molecule has 0 spiro atoms. The van der Waals surface area contributed by atoms with Crippen LogP contribution in [-0.2, 0) is 0 Å². The van der Waals surface area contributed by atoms with E-state index in [-0.39, 0.29) is 0 Å². The van der Waals surface area contributed by atoms with Crippen molar-refractivity contribution >= 4 is 0 Å². The summed E-state index contributed by atoms with van der Waals surface area (Å²) >= 11 is 0. The Balaban J connectivity index is 1.70. The molecule has 1 heteroatoms. The first-order valence-electron chi connectivity index (χ1n) is 8.12. The van der Waals surface area contributed by atoms with Gasteiger partial charge in [0, 0.05) is 0 Å². The highest BCUT2D eigenvalue weighted by Gasteiger charge is 2.52. The lowest BCUT2D eigenvalue weighted by Gasteiger charge is -2.03. The second-order valence-electron chi connectivity index (χ2n) is 6.17. The van der Waals surface area contributed by atoms with Gasteiger partial charge >= 0.3 is 0 Å². The highest BCUT2D eigenvalue weighted by atomic mass is 16.5. The molecule has 1 fully saturated rings. The summed E-state index contributed by atoms with van der Waals surface area (Å²) in [4.78, 5) is 0. The third-order valence-corrected chi connectivity index (χ3v) is 4.89. The van der Waals surface area contributed by atoms with E-state index in [1.807, 2.05) is 0 Å². The lowest BCUT2D eigenvalue weighted by molar-refractivity contribution is 0.414. The summed E-state index contributed by atoms with van der Waals surface area (Å²) in [6, 6.07) is 30.3. The van der Waals surface area contributed by atoms with E-state index in [4.69, 9.17) is 4.74 Å².